The number of ether oxygens (including phenoxy) is 1. The smallest absolute Gasteiger partial charge is 0.252 e. The first kappa shape index (κ1) is 32.4. The third-order valence-electron chi connectivity index (χ3n) is 9.09. The molecule has 2 saturated heterocycles. The quantitative estimate of drug-likeness (QED) is 0.291. The van der Waals surface area contributed by atoms with Crippen LogP contribution in [0.15, 0.2) is 47.3 Å². The number of morpholine rings is 1. The number of hydrogen-bond acceptors (Lipinski definition) is 8. The number of aliphatic hydroxyl groups is 1. The topological polar surface area (TPSA) is 115 Å². The molecule has 0 aliphatic carbocycles. The second-order valence-electron chi connectivity index (χ2n) is 12.2. The number of rotatable bonds is 10. The molecule has 0 amide bonds. The zero-order valence-electron chi connectivity index (χ0n) is 26.4. The first-order chi connectivity index (χ1) is 21.0. The van der Waals surface area contributed by atoms with Crippen molar-refractivity contribution in [3.63, 3.8) is 0 Å². The highest BCUT2D eigenvalue weighted by molar-refractivity contribution is 7.91. The fraction of sp³-hybridized carbons (Fsp3) is 0.500. The van der Waals surface area contributed by atoms with Crippen LogP contribution >= 0.6 is 0 Å². The third-order valence-corrected chi connectivity index (χ3v) is 10.8. The molecule has 0 spiro atoms. The maximum absolute atomic E-state index is 12.6. The van der Waals surface area contributed by atoms with Gasteiger partial charge in [-0.3, -0.25) is 15.0 Å². The van der Waals surface area contributed by atoms with E-state index in [4.69, 9.17) is 4.74 Å². The van der Waals surface area contributed by atoms with Crippen LogP contribution < -0.4 is 15.8 Å². The Balaban J connectivity index is 1.47. The summed E-state index contributed by atoms with van der Waals surface area (Å²) in [6.07, 6.45) is 0.156. The summed E-state index contributed by atoms with van der Waals surface area (Å²) in [4.78, 5) is 20.2. The van der Waals surface area contributed by atoms with Crippen molar-refractivity contribution in [2.24, 2.45) is 0 Å². The Labute approximate surface area is 261 Å². The largest absolute Gasteiger partial charge is 0.379 e. The maximum Gasteiger partial charge on any atom is 0.252 e. The van der Waals surface area contributed by atoms with Gasteiger partial charge in [-0.15, -0.1) is 0 Å². The van der Waals surface area contributed by atoms with Crippen molar-refractivity contribution in [2.75, 3.05) is 49.3 Å². The van der Waals surface area contributed by atoms with Crippen LogP contribution in [0.25, 0.3) is 11.1 Å². The molecule has 44 heavy (non-hydrogen) atoms. The molecular weight excluding hydrogens is 576 g/mol. The first-order valence-electron chi connectivity index (χ1n) is 15.7. The molecule has 9 nitrogen and oxygen atoms in total. The van der Waals surface area contributed by atoms with Crippen molar-refractivity contribution in [1.29, 1.82) is 0 Å². The van der Waals surface area contributed by atoms with Gasteiger partial charge in [0, 0.05) is 61.3 Å². The third kappa shape index (κ3) is 7.61. The summed E-state index contributed by atoms with van der Waals surface area (Å²) in [5, 5.41) is 14.7. The van der Waals surface area contributed by atoms with Gasteiger partial charge in [0.15, 0.2) is 0 Å². The van der Waals surface area contributed by atoms with Gasteiger partial charge in [-0.05, 0) is 86.6 Å². The minimum absolute atomic E-state index is 0.0973. The highest BCUT2D eigenvalue weighted by atomic mass is 32.2. The monoisotopic (exact) mass is 622 g/mol. The Hall–Kier alpha value is -3.02. The number of nitrogens with one attached hydrogen (secondary N) is 2. The normalized spacial score (nSPS) is 18.3. The van der Waals surface area contributed by atoms with E-state index < -0.39 is 16.1 Å². The van der Waals surface area contributed by atoms with Gasteiger partial charge in [-0.1, -0.05) is 24.3 Å². The summed E-state index contributed by atoms with van der Waals surface area (Å²) < 4.78 is 29.9. The molecule has 0 radical (unpaired) electrons. The summed E-state index contributed by atoms with van der Waals surface area (Å²) in [6.45, 7) is 13.1. The fourth-order valence-corrected chi connectivity index (χ4v) is 7.98. The number of aliphatic hydroxyl groups excluding tert-OH is 1. The minimum atomic E-state index is -3.00. The van der Waals surface area contributed by atoms with Crippen molar-refractivity contribution in [3.05, 3.63) is 86.3 Å². The molecule has 2 aliphatic rings. The van der Waals surface area contributed by atoms with Crippen molar-refractivity contribution < 1.29 is 18.3 Å². The number of aromatic nitrogens is 1. The number of aryl methyl sites for hydroxylation is 2. The fourth-order valence-electron chi connectivity index (χ4n) is 6.51. The molecule has 2 aromatic carbocycles. The van der Waals surface area contributed by atoms with Crippen LogP contribution in [0.1, 0.15) is 59.5 Å². The molecular formula is C34H46N4O5S. The van der Waals surface area contributed by atoms with E-state index in [0.29, 0.717) is 24.9 Å². The number of aromatic amines is 1. The van der Waals surface area contributed by atoms with Crippen molar-refractivity contribution in [2.45, 2.75) is 65.9 Å². The Kier molecular flexibility index (Phi) is 10.3. The summed E-state index contributed by atoms with van der Waals surface area (Å²) >= 11 is 0. The van der Waals surface area contributed by atoms with Gasteiger partial charge in [0.25, 0.3) is 5.56 Å². The zero-order valence-corrected chi connectivity index (χ0v) is 27.2. The lowest BCUT2D eigenvalue weighted by Crippen LogP contribution is -2.42. The molecule has 0 saturated carbocycles. The first-order valence-corrected chi connectivity index (χ1v) is 17.5. The Morgan fingerprint density at radius 1 is 1.05 bits per heavy atom. The van der Waals surface area contributed by atoms with Gasteiger partial charge in [-0.2, -0.15) is 0 Å². The standard InChI is InChI=1S/C34H46N4O5S/c1-5-38(29-10-16-44(41,42)17-11-29)32-20-28(27-8-6-26(7-9-27)22-37-12-14-43-15-13-37)19-30(25(32)4)33(39)35-21-31-23(2)18-24(3)36-34(31)40/h6-9,18-20,29,33,35,39H,5,10-17,21-22H2,1-4H3,(H,36,40). The second kappa shape index (κ2) is 14.0. The lowest BCUT2D eigenvalue weighted by atomic mass is 9.94. The van der Waals surface area contributed by atoms with Gasteiger partial charge in [0.05, 0.1) is 24.7 Å². The second-order valence-corrected chi connectivity index (χ2v) is 14.5. The summed E-state index contributed by atoms with van der Waals surface area (Å²) in [6, 6.07) is 14.8. The zero-order chi connectivity index (χ0) is 31.4. The SMILES string of the molecule is CCN(c1cc(-c2ccc(CN3CCOCC3)cc2)cc(C(O)NCc2c(C)cc(C)[nH]c2=O)c1C)C1CCS(=O)(=O)CC1. The Morgan fingerprint density at radius 2 is 1.73 bits per heavy atom. The van der Waals surface area contributed by atoms with Crippen LogP contribution in [0.3, 0.4) is 0 Å². The highest BCUT2D eigenvalue weighted by Crippen LogP contribution is 2.36. The lowest BCUT2D eigenvalue weighted by Gasteiger charge is -2.37. The minimum Gasteiger partial charge on any atom is -0.379 e. The molecule has 238 valence electrons. The van der Waals surface area contributed by atoms with Crippen LogP contribution in [0.4, 0.5) is 5.69 Å². The van der Waals surface area contributed by atoms with E-state index in [1.54, 1.807) is 0 Å². The average molecular weight is 623 g/mol. The van der Waals surface area contributed by atoms with E-state index in [1.165, 1.54) is 5.56 Å². The molecule has 1 unspecified atom stereocenters. The molecule has 1 aromatic heterocycles. The number of anilines is 1. The molecule has 2 fully saturated rings. The van der Waals surface area contributed by atoms with Gasteiger partial charge in [0.2, 0.25) is 0 Å². The molecule has 3 aromatic rings. The predicted molar refractivity (Wildman–Crippen MR) is 176 cm³/mol. The van der Waals surface area contributed by atoms with E-state index in [-0.39, 0.29) is 29.7 Å². The average Bonchev–Trinajstić information content (AvgIpc) is 2.99. The van der Waals surface area contributed by atoms with E-state index in [0.717, 1.165) is 72.0 Å². The van der Waals surface area contributed by atoms with E-state index in [9.17, 15) is 18.3 Å². The number of pyridine rings is 1. The number of hydrogen-bond donors (Lipinski definition) is 3. The van der Waals surface area contributed by atoms with Crippen molar-refractivity contribution >= 4 is 15.5 Å². The van der Waals surface area contributed by atoms with E-state index >= 15 is 0 Å². The van der Waals surface area contributed by atoms with Crippen molar-refractivity contribution in [1.82, 2.24) is 15.2 Å². The van der Waals surface area contributed by atoms with Crippen LogP contribution in [0, 0.1) is 20.8 Å². The van der Waals surface area contributed by atoms with E-state index in [2.05, 4.69) is 57.4 Å². The molecule has 3 N–H and O–H groups in total. The van der Waals surface area contributed by atoms with Crippen LogP contribution in [0.2, 0.25) is 0 Å². The summed E-state index contributed by atoms with van der Waals surface area (Å²) in [7, 11) is -3.00. The number of benzene rings is 2. The molecule has 5 rings (SSSR count). The number of sulfone groups is 1. The Bertz CT molecular complexity index is 1600. The van der Waals surface area contributed by atoms with Crippen LogP contribution in [0.5, 0.6) is 0 Å². The summed E-state index contributed by atoms with van der Waals surface area (Å²) in [5.41, 5.74) is 8.03. The van der Waals surface area contributed by atoms with Gasteiger partial charge >= 0.3 is 0 Å². The molecule has 10 heteroatoms. The molecule has 3 heterocycles. The lowest BCUT2D eigenvalue weighted by molar-refractivity contribution is 0.0342. The van der Waals surface area contributed by atoms with Crippen LogP contribution in [-0.2, 0) is 27.7 Å². The van der Waals surface area contributed by atoms with Crippen molar-refractivity contribution in [3.8, 4) is 11.1 Å². The number of nitrogens with zero attached hydrogens (tertiary/aromatic N) is 2. The van der Waals surface area contributed by atoms with Crippen LogP contribution in [-0.4, -0.2) is 73.8 Å². The predicted octanol–water partition coefficient (Wildman–Crippen LogP) is 3.98. The van der Waals surface area contributed by atoms with Gasteiger partial charge in [-0.25, -0.2) is 8.42 Å². The van der Waals surface area contributed by atoms with Gasteiger partial charge < -0.3 is 19.7 Å². The van der Waals surface area contributed by atoms with E-state index in [1.807, 2.05) is 32.9 Å². The molecule has 2 aliphatic heterocycles. The summed E-state index contributed by atoms with van der Waals surface area (Å²) in [5.74, 6) is 0.387. The number of H-pyrrole nitrogens is 1. The molecule has 0 bridgehead atoms. The van der Waals surface area contributed by atoms with Gasteiger partial charge in [0.1, 0.15) is 16.1 Å². The maximum atomic E-state index is 12.6. The Morgan fingerprint density at radius 3 is 2.36 bits per heavy atom. The highest BCUT2D eigenvalue weighted by Gasteiger charge is 2.29. The molecule has 1 atom stereocenters.